The standard InChI is InChI=1S/C20H23N7O2/c1-12-10-27-11-15(22-9-16(27)23-12)18(29)24-14-6-4-5-13(7-14)20(2)8-17(28)26(3)19(21)25-20/h4-7,9-11,16,23H,8H2,1-3H3,(H2,21,25)(H,24,29). The third kappa shape index (κ3) is 3.46. The average molecular weight is 393 g/mol. The van der Waals surface area contributed by atoms with Gasteiger partial charge in [0, 0.05) is 37.0 Å². The molecule has 9 heteroatoms. The minimum atomic E-state index is -0.784. The number of amides is 2. The summed E-state index contributed by atoms with van der Waals surface area (Å²) < 4.78 is 0. The fourth-order valence-electron chi connectivity index (χ4n) is 3.53. The Hall–Kier alpha value is -3.62. The number of rotatable bonds is 3. The molecule has 3 aliphatic rings. The highest BCUT2D eigenvalue weighted by Gasteiger charge is 2.36. The van der Waals surface area contributed by atoms with Gasteiger partial charge in [0.25, 0.3) is 5.91 Å². The third-order valence-electron chi connectivity index (χ3n) is 5.22. The number of aliphatic imine (C=N–C) groups is 2. The Morgan fingerprint density at radius 2 is 2.17 bits per heavy atom. The van der Waals surface area contributed by atoms with Crippen molar-refractivity contribution >= 4 is 29.7 Å². The average Bonchev–Trinajstić information content (AvgIpc) is 3.05. The van der Waals surface area contributed by atoms with Crippen LogP contribution in [0.4, 0.5) is 5.69 Å². The SMILES string of the molecule is CC1=CN2C=C(C(=O)Nc3cccc(C4(C)CC(=O)N(C)C(N)=N4)c3)N=CC2N1. The summed E-state index contributed by atoms with van der Waals surface area (Å²) in [5, 5.41) is 6.10. The molecule has 4 rings (SSSR count). The first-order valence-electron chi connectivity index (χ1n) is 9.27. The molecule has 0 saturated carbocycles. The van der Waals surface area contributed by atoms with Crippen LogP contribution in [0.25, 0.3) is 0 Å². The minimum absolute atomic E-state index is 0.0554. The second-order valence-corrected chi connectivity index (χ2v) is 7.55. The fourth-order valence-corrected chi connectivity index (χ4v) is 3.53. The number of benzene rings is 1. The Balaban J connectivity index is 1.54. The van der Waals surface area contributed by atoms with Crippen molar-refractivity contribution < 1.29 is 9.59 Å². The van der Waals surface area contributed by atoms with Gasteiger partial charge in [-0.1, -0.05) is 12.1 Å². The topological polar surface area (TPSA) is 115 Å². The molecule has 3 aliphatic heterocycles. The number of nitrogens with one attached hydrogen (secondary N) is 2. The van der Waals surface area contributed by atoms with Gasteiger partial charge in [0.05, 0.1) is 12.0 Å². The van der Waals surface area contributed by atoms with Gasteiger partial charge in [-0.2, -0.15) is 0 Å². The molecule has 2 atom stereocenters. The number of anilines is 1. The van der Waals surface area contributed by atoms with Crippen LogP contribution >= 0.6 is 0 Å². The van der Waals surface area contributed by atoms with E-state index in [1.807, 2.05) is 43.1 Å². The Morgan fingerprint density at radius 3 is 2.93 bits per heavy atom. The number of carbonyl (C=O) groups is 2. The van der Waals surface area contributed by atoms with Crippen LogP contribution in [0.2, 0.25) is 0 Å². The molecule has 0 bridgehead atoms. The molecular weight excluding hydrogens is 370 g/mol. The molecule has 9 nitrogen and oxygen atoms in total. The van der Waals surface area contributed by atoms with Gasteiger partial charge < -0.3 is 21.3 Å². The highest BCUT2D eigenvalue weighted by atomic mass is 16.2. The highest BCUT2D eigenvalue weighted by molar-refractivity contribution is 6.05. The molecule has 0 saturated heterocycles. The number of guanidine groups is 1. The van der Waals surface area contributed by atoms with Crippen molar-refractivity contribution in [2.24, 2.45) is 15.7 Å². The molecule has 1 aromatic rings. The van der Waals surface area contributed by atoms with Crippen LogP contribution in [0.1, 0.15) is 25.8 Å². The van der Waals surface area contributed by atoms with Gasteiger partial charge in [-0.15, -0.1) is 0 Å². The van der Waals surface area contributed by atoms with Crippen molar-refractivity contribution in [2.45, 2.75) is 32.0 Å². The minimum Gasteiger partial charge on any atom is -0.369 e. The molecule has 2 amide bonds. The molecule has 29 heavy (non-hydrogen) atoms. The molecule has 150 valence electrons. The number of allylic oxidation sites excluding steroid dienone is 1. The lowest BCUT2D eigenvalue weighted by Gasteiger charge is -2.33. The van der Waals surface area contributed by atoms with Gasteiger partial charge in [-0.05, 0) is 31.5 Å². The Morgan fingerprint density at radius 1 is 1.38 bits per heavy atom. The monoisotopic (exact) mass is 393 g/mol. The third-order valence-corrected chi connectivity index (χ3v) is 5.22. The van der Waals surface area contributed by atoms with E-state index in [2.05, 4.69) is 20.6 Å². The van der Waals surface area contributed by atoms with Gasteiger partial charge in [-0.3, -0.25) is 14.5 Å². The first-order chi connectivity index (χ1) is 13.7. The predicted octanol–water partition coefficient (Wildman–Crippen LogP) is 1.04. The van der Waals surface area contributed by atoms with Crippen molar-refractivity contribution in [3.05, 3.63) is 53.6 Å². The lowest BCUT2D eigenvalue weighted by Crippen LogP contribution is -2.47. The summed E-state index contributed by atoms with van der Waals surface area (Å²) in [6.45, 7) is 3.81. The zero-order chi connectivity index (χ0) is 20.8. The molecule has 4 N–H and O–H groups in total. The summed E-state index contributed by atoms with van der Waals surface area (Å²) >= 11 is 0. The van der Waals surface area contributed by atoms with E-state index in [0.29, 0.717) is 11.4 Å². The van der Waals surface area contributed by atoms with Gasteiger partial charge in [0.2, 0.25) is 5.91 Å². The number of hydrogen-bond donors (Lipinski definition) is 3. The number of hydrogen-bond acceptors (Lipinski definition) is 7. The summed E-state index contributed by atoms with van der Waals surface area (Å²) in [6.07, 6.45) is 5.46. The molecule has 0 fully saturated rings. The Kier molecular flexibility index (Phi) is 4.37. The van der Waals surface area contributed by atoms with Crippen molar-refractivity contribution in [3.63, 3.8) is 0 Å². The molecule has 3 heterocycles. The number of fused-ring (bicyclic) bond motifs is 1. The first-order valence-corrected chi connectivity index (χ1v) is 9.27. The van der Waals surface area contributed by atoms with E-state index in [9.17, 15) is 9.59 Å². The van der Waals surface area contributed by atoms with E-state index in [1.165, 1.54) is 4.90 Å². The van der Waals surface area contributed by atoms with Gasteiger partial charge >= 0.3 is 0 Å². The first kappa shape index (κ1) is 18.7. The van der Waals surface area contributed by atoms with Crippen LogP contribution in [0.15, 0.2) is 58.0 Å². The van der Waals surface area contributed by atoms with Gasteiger partial charge in [0.1, 0.15) is 11.9 Å². The van der Waals surface area contributed by atoms with Crippen LogP contribution in [0, 0.1) is 0 Å². The summed E-state index contributed by atoms with van der Waals surface area (Å²) in [6, 6.07) is 7.28. The maximum atomic E-state index is 12.7. The van der Waals surface area contributed by atoms with Crippen molar-refractivity contribution in [1.29, 1.82) is 0 Å². The molecule has 0 aliphatic carbocycles. The maximum absolute atomic E-state index is 12.7. The zero-order valence-corrected chi connectivity index (χ0v) is 16.5. The van der Waals surface area contributed by atoms with Crippen molar-refractivity contribution in [2.75, 3.05) is 12.4 Å². The normalized spacial score (nSPS) is 25.7. The summed E-state index contributed by atoms with van der Waals surface area (Å²) in [5.41, 5.74) is 7.82. The predicted molar refractivity (Wildman–Crippen MR) is 111 cm³/mol. The van der Waals surface area contributed by atoms with E-state index in [1.54, 1.807) is 25.5 Å². The second-order valence-electron chi connectivity index (χ2n) is 7.55. The van der Waals surface area contributed by atoms with E-state index < -0.39 is 5.54 Å². The van der Waals surface area contributed by atoms with Crippen LogP contribution in [0.5, 0.6) is 0 Å². The quantitative estimate of drug-likeness (QED) is 0.710. The van der Waals surface area contributed by atoms with E-state index >= 15 is 0 Å². The number of nitrogens with two attached hydrogens (primary N) is 1. The summed E-state index contributed by atoms with van der Waals surface area (Å²) in [4.78, 5) is 36.9. The molecule has 0 spiro atoms. The second kappa shape index (κ2) is 6.77. The lowest BCUT2D eigenvalue weighted by atomic mass is 9.87. The van der Waals surface area contributed by atoms with Gasteiger partial charge in [-0.25, -0.2) is 9.98 Å². The Labute approximate surface area is 168 Å². The highest BCUT2D eigenvalue weighted by Crippen LogP contribution is 2.34. The van der Waals surface area contributed by atoms with Crippen molar-refractivity contribution in [1.82, 2.24) is 15.1 Å². The van der Waals surface area contributed by atoms with Crippen molar-refractivity contribution in [3.8, 4) is 0 Å². The summed E-state index contributed by atoms with van der Waals surface area (Å²) in [7, 11) is 1.60. The van der Waals surface area contributed by atoms with E-state index in [-0.39, 0.29) is 30.4 Å². The number of carbonyl (C=O) groups excluding carboxylic acids is 2. The lowest BCUT2D eigenvalue weighted by molar-refractivity contribution is -0.128. The van der Waals surface area contributed by atoms with Crippen LogP contribution in [-0.2, 0) is 15.1 Å². The van der Waals surface area contributed by atoms with Crippen LogP contribution in [-0.4, -0.2) is 47.0 Å². The van der Waals surface area contributed by atoms with Crippen LogP contribution < -0.4 is 16.4 Å². The fraction of sp³-hybridized carbons (Fsp3) is 0.300. The molecule has 0 radical (unpaired) electrons. The summed E-state index contributed by atoms with van der Waals surface area (Å²) in [5.74, 6) is -0.243. The smallest absolute Gasteiger partial charge is 0.275 e. The Bertz CT molecular complexity index is 1010. The zero-order valence-electron chi connectivity index (χ0n) is 16.5. The largest absolute Gasteiger partial charge is 0.369 e. The maximum Gasteiger partial charge on any atom is 0.275 e. The molecule has 1 aromatic carbocycles. The van der Waals surface area contributed by atoms with E-state index in [4.69, 9.17) is 5.73 Å². The molecule has 0 aromatic heterocycles. The number of nitrogens with zero attached hydrogens (tertiary/aromatic N) is 4. The molecule has 2 unspecified atom stereocenters. The van der Waals surface area contributed by atoms with Crippen LogP contribution in [0.3, 0.4) is 0 Å². The van der Waals surface area contributed by atoms with Gasteiger partial charge in [0.15, 0.2) is 5.96 Å². The van der Waals surface area contributed by atoms with E-state index in [0.717, 1.165) is 11.3 Å². The molecular formula is C20H23N7O2.